The summed E-state index contributed by atoms with van der Waals surface area (Å²) in [7, 11) is 0. The van der Waals surface area contributed by atoms with Crippen LogP contribution in [-0.4, -0.2) is 16.4 Å². The third kappa shape index (κ3) is 2.65. The molecule has 0 amide bonds. The Labute approximate surface area is 107 Å². The van der Waals surface area contributed by atoms with E-state index in [0.29, 0.717) is 15.7 Å². The second-order valence-electron chi connectivity index (χ2n) is 3.42. The lowest BCUT2D eigenvalue weighted by atomic mass is 10.2. The lowest BCUT2D eigenvalue weighted by molar-refractivity contribution is 0.471. The zero-order chi connectivity index (χ0) is 12.3. The fraction of sp³-hybridized carbons (Fsp3) is 0. The van der Waals surface area contributed by atoms with Crippen LogP contribution >= 0.6 is 15.9 Å². The summed E-state index contributed by atoms with van der Waals surface area (Å²) in [4.78, 5) is 4.12. The molecule has 2 aromatic carbocycles. The van der Waals surface area contributed by atoms with Crippen LogP contribution in [0.4, 0.5) is 5.69 Å². The second-order valence-corrected chi connectivity index (χ2v) is 4.28. The van der Waals surface area contributed by atoms with Crippen molar-refractivity contribution in [2.24, 2.45) is 4.99 Å². The average Bonchev–Trinajstić information content (AvgIpc) is 2.33. The van der Waals surface area contributed by atoms with Crippen LogP contribution in [0.2, 0.25) is 0 Å². The van der Waals surface area contributed by atoms with Gasteiger partial charge in [0.1, 0.15) is 17.2 Å². The predicted molar refractivity (Wildman–Crippen MR) is 71.2 cm³/mol. The Morgan fingerprint density at radius 2 is 1.76 bits per heavy atom. The minimum absolute atomic E-state index is 0.109. The normalized spacial score (nSPS) is 10.9. The molecule has 0 unspecified atom stereocenters. The Hall–Kier alpha value is -1.81. The number of para-hydroxylation sites is 3. The lowest BCUT2D eigenvalue weighted by Gasteiger charge is -2.01. The number of benzene rings is 2. The standard InChI is InChI=1S/C13H10BrNO2/c14-10-5-3-4-9(13(10)17)8-15-11-6-1-2-7-12(11)16/h1-8,16-17H. The molecule has 2 rings (SSSR count). The highest BCUT2D eigenvalue weighted by Crippen LogP contribution is 2.28. The maximum Gasteiger partial charge on any atom is 0.141 e. The number of nitrogens with zero attached hydrogens (tertiary/aromatic N) is 1. The molecule has 0 atom stereocenters. The van der Waals surface area contributed by atoms with E-state index in [1.807, 2.05) is 0 Å². The van der Waals surface area contributed by atoms with E-state index < -0.39 is 0 Å². The van der Waals surface area contributed by atoms with Crippen LogP contribution in [0.3, 0.4) is 0 Å². The number of phenolic OH excluding ortho intramolecular Hbond substituents is 2. The molecular formula is C13H10BrNO2. The molecule has 4 heteroatoms. The van der Waals surface area contributed by atoms with Crippen molar-refractivity contribution in [2.45, 2.75) is 0 Å². The zero-order valence-electron chi connectivity index (χ0n) is 8.84. The summed E-state index contributed by atoms with van der Waals surface area (Å²) in [6.45, 7) is 0. The maximum absolute atomic E-state index is 9.74. The molecule has 0 aliphatic heterocycles. The van der Waals surface area contributed by atoms with Gasteiger partial charge in [-0.05, 0) is 40.2 Å². The predicted octanol–water partition coefficient (Wildman–Crippen LogP) is 3.61. The molecular weight excluding hydrogens is 282 g/mol. The van der Waals surface area contributed by atoms with Gasteiger partial charge in [-0.1, -0.05) is 18.2 Å². The summed E-state index contributed by atoms with van der Waals surface area (Å²) in [6.07, 6.45) is 1.51. The molecule has 2 aromatic rings. The van der Waals surface area contributed by atoms with Crippen molar-refractivity contribution in [1.82, 2.24) is 0 Å². The first-order valence-electron chi connectivity index (χ1n) is 4.98. The topological polar surface area (TPSA) is 52.8 Å². The van der Waals surface area contributed by atoms with E-state index >= 15 is 0 Å². The number of phenols is 2. The molecule has 0 aliphatic carbocycles. The molecule has 0 bridgehead atoms. The van der Waals surface area contributed by atoms with Gasteiger partial charge in [-0.25, -0.2) is 0 Å². The summed E-state index contributed by atoms with van der Waals surface area (Å²) >= 11 is 3.23. The van der Waals surface area contributed by atoms with Crippen LogP contribution in [0, 0.1) is 0 Å². The third-order valence-corrected chi connectivity index (χ3v) is 2.88. The van der Waals surface area contributed by atoms with Gasteiger partial charge in [-0.2, -0.15) is 0 Å². The van der Waals surface area contributed by atoms with Gasteiger partial charge in [-0.3, -0.25) is 4.99 Å². The van der Waals surface area contributed by atoms with Gasteiger partial charge in [0, 0.05) is 11.8 Å². The van der Waals surface area contributed by atoms with Crippen LogP contribution in [0.1, 0.15) is 5.56 Å². The van der Waals surface area contributed by atoms with Crippen molar-refractivity contribution in [3.05, 3.63) is 52.5 Å². The Morgan fingerprint density at radius 3 is 2.53 bits per heavy atom. The Kier molecular flexibility index (Phi) is 3.44. The summed E-state index contributed by atoms with van der Waals surface area (Å²) in [5.74, 6) is 0.241. The van der Waals surface area contributed by atoms with E-state index in [1.165, 1.54) is 6.21 Å². The van der Waals surface area contributed by atoms with E-state index in [4.69, 9.17) is 0 Å². The SMILES string of the molecule is Oc1ccccc1N=Cc1cccc(Br)c1O. The van der Waals surface area contributed by atoms with Gasteiger partial charge in [-0.15, -0.1) is 0 Å². The summed E-state index contributed by atoms with van der Waals surface area (Å²) in [5.41, 5.74) is 1.05. The molecule has 17 heavy (non-hydrogen) atoms. The van der Waals surface area contributed by atoms with Gasteiger partial charge in [0.15, 0.2) is 0 Å². The number of halogens is 1. The highest BCUT2D eigenvalue weighted by Gasteiger charge is 2.02. The van der Waals surface area contributed by atoms with Crippen molar-refractivity contribution in [1.29, 1.82) is 0 Å². The molecule has 86 valence electrons. The van der Waals surface area contributed by atoms with E-state index in [-0.39, 0.29) is 11.5 Å². The molecule has 2 N–H and O–H groups in total. The molecule has 0 heterocycles. The number of rotatable bonds is 2. The minimum Gasteiger partial charge on any atom is -0.506 e. The van der Waals surface area contributed by atoms with Crippen molar-refractivity contribution in [2.75, 3.05) is 0 Å². The van der Waals surface area contributed by atoms with E-state index in [0.717, 1.165) is 0 Å². The van der Waals surface area contributed by atoms with E-state index in [9.17, 15) is 10.2 Å². The maximum atomic E-state index is 9.74. The van der Waals surface area contributed by atoms with Crippen LogP contribution in [0.5, 0.6) is 11.5 Å². The molecule has 0 aromatic heterocycles. The highest BCUT2D eigenvalue weighted by atomic mass is 79.9. The van der Waals surface area contributed by atoms with Gasteiger partial charge in [0.25, 0.3) is 0 Å². The van der Waals surface area contributed by atoms with Gasteiger partial charge >= 0.3 is 0 Å². The Morgan fingerprint density at radius 1 is 1.00 bits per heavy atom. The number of aromatic hydroxyl groups is 2. The lowest BCUT2D eigenvalue weighted by Crippen LogP contribution is -1.82. The Balaban J connectivity index is 2.33. The second kappa shape index (κ2) is 5.01. The first kappa shape index (κ1) is 11.7. The molecule has 0 radical (unpaired) electrons. The molecule has 0 aliphatic rings. The van der Waals surface area contributed by atoms with E-state index in [1.54, 1.807) is 42.5 Å². The van der Waals surface area contributed by atoms with Crippen molar-refractivity contribution < 1.29 is 10.2 Å². The Bertz CT molecular complexity index is 567. The van der Waals surface area contributed by atoms with Gasteiger partial charge < -0.3 is 10.2 Å². The third-order valence-electron chi connectivity index (χ3n) is 2.24. The average molecular weight is 292 g/mol. The van der Waals surface area contributed by atoms with Gasteiger partial charge in [0.05, 0.1) is 4.47 Å². The van der Waals surface area contributed by atoms with Crippen molar-refractivity contribution >= 4 is 27.8 Å². The molecule has 0 saturated carbocycles. The summed E-state index contributed by atoms with van der Waals surface area (Å²) in [6, 6.07) is 12.1. The number of hydrogen-bond donors (Lipinski definition) is 2. The zero-order valence-corrected chi connectivity index (χ0v) is 10.4. The van der Waals surface area contributed by atoms with Crippen LogP contribution < -0.4 is 0 Å². The monoisotopic (exact) mass is 291 g/mol. The number of aliphatic imine (C=N–C) groups is 1. The molecule has 3 nitrogen and oxygen atoms in total. The smallest absolute Gasteiger partial charge is 0.141 e. The minimum atomic E-state index is 0.109. The summed E-state index contributed by atoms with van der Waals surface area (Å²) < 4.78 is 0.610. The van der Waals surface area contributed by atoms with Crippen molar-refractivity contribution in [3.63, 3.8) is 0 Å². The van der Waals surface area contributed by atoms with Crippen molar-refractivity contribution in [3.8, 4) is 11.5 Å². The highest BCUT2D eigenvalue weighted by molar-refractivity contribution is 9.10. The first-order valence-corrected chi connectivity index (χ1v) is 5.77. The summed E-state index contributed by atoms with van der Waals surface area (Å²) in [5, 5.41) is 19.3. The number of hydrogen-bond acceptors (Lipinski definition) is 3. The van der Waals surface area contributed by atoms with Gasteiger partial charge in [0.2, 0.25) is 0 Å². The molecule has 0 fully saturated rings. The molecule has 0 spiro atoms. The quantitative estimate of drug-likeness (QED) is 0.831. The fourth-order valence-corrected chi connectivity index (χ4v) is 1.73. The fourth-order valence-electron chi connectivity index (χ4n) is 1.35. The first-order chi connectivity index (χ1) is 8.18. The molecule has 0 saturated heterocycles. The largest absolute Gasteiger partial charge is 0.506 e. The van der Waals surface area contributed by atoms with E-state index in [2.05, 4.69) is 20.9 Å². The van der Waals surface area contributed by atoms with Crippen LogP contribution in [-0.2, 0) is 0 Å². The van der Waals surface area contributed by atoms with Crippen LogP contribution in [0.15, 0.2) is 51.9 Å². The van der Waals surface area contributed by atoms with Crippen LogP contribution in [0.25, 0.3) is 0 Å².